The Morgan fingerprint density at radius 2 is 1.62 bits per heavy atom. The van der Waals surface area contributed by atoms with E-state index < -0.39 is 53.2 Å². The van der Waals surface area contributed by atoms with E-state index >= 15 is 0 Å². The number of aliphatic hydroxyl groups excluding tert-OH is 5. The van der Waals surface area contributed by atoms with Gasteiger partial charge < -0.3 is 30.3 Å². The maximum Gasteiger partial charge on any atom is 0.333 e. The quantitative estimate of drug-likeness (QED) is 0.185. The van der Waals surface area contributed by atoms with E-state index in [4.69, 9.17) is 4.74 Å². The third-order valence-electron chi connectivity index (χ3n) is 14.5. The van der Waals surface area contributed by atoms with Crippen molar-refractivity contribution in [3.63, 3.8) is 0 Å². The van der Waals surface area contributed by atoms with E-state index in [0.29, 0.717) is 30.8 Å². The second-order valence-corrected chi connectivity index (χ2v) is 16.5. The van der Waals surface area contributed by atoms with Gasteiger partial charge in [-0.3, -0.25) is 0 Å². The normalized spacial score (nSPS) is 51.8. The molecule has 5 aliphatic carbocycles. The lowest BCUT2D eigenvalue weighted by Crippen LogP contribution is -2.72. The Labute approximate surface area is 252 Å². The molecule has 42 heavy (non-hydrogen) atoms. The minimum atomic E-state index is -1.23. The maximum absolute atomic E-state index is 12.9. The third kappa shape index (κ3) is 3.92. The molecule has 0 aliphatic heterocycles. The fourth-order valence-electron chi connectivity index (χ4n) is 11.5. The molecule has 5 rings (SSSR count). The molecule has 0 heterocycles. The molecule has 0 bridgehead atoms. The Hall–Kier alpha value is -1.25. The van der Waals surface area contributed by atoms with Crippen LogP contribution in [0.1, 0.15) is 100 Å². The highest BCUT2D eigenvalue weighted by Crippen LogP contribution is 2.75. The predicted octanol–water partition coefficient (Wildman–Crippen LogP) is 4.54. The summed E-state index contributed by atoms with van der Waals surface area (Å²) in [6.45, 7) is 16.2. The van der Waals surface area contributed by atoms with Gasteiger partial charge in [-0.2, -0.15) is 0 Å². The average Bonchev–Trinajstić information content (AvgIpc) is 2.93. The van der Waals surface area contributed by atoms with E-state index in [1.165, 1.54) is 5.57 Å². The van der Waals surface area contributed by atoms with Crippen LogP contribution in [0.2, 0.25) is 0 Å². The van der Waals surface area contributed by atoms with Gasteiger partial charge in [0, 0.05) is 16.4 Å². The number of rotatable bonds is 4. The van der Waals surface area contributed by atoms with Crippen molar-refractivity contribution in [2.75, 3.05) is 13.2 Å². The molecule has 4 fully saturated rings. The zero-order valence-electron chi connectivity index (χ0n) is 27.1. The summed E-state index contributed by atoms with van der Waals surface area (Å²) < 4.78 is 5.93. The highest BCUT2D eigenvalue weighted by Gasteiger charge is 2.72. The van der Waals surface area contributed by atoms with E-state index in [1.807, 2.05) is 13.8 Å². The number of hydrogen-bond acceptors (Lipinski definition) is 7. The van der Waals surface area contributed by atoms with Gasteiger partial charge in [0.25, 0.3) is 0 Å². The van der Waals surface area contributed by atoms with E-state index in [2.05, 4.69) is 33.8 Å². The summed E-state index contributed by atoms with van der Waals surface area (Å²) in [5.74, 6) is -0.241. The molecule has 0 unspecified atom stereocenters. The Morgan fingerprint density at radius 3 is 2.21 bits per heavy atom. The van der Waals surface area contributed by atoms with E-state index in [0.717, 1.165) is 25.7 Å². The monoisotopic (exact) mass is 588 g/mol. The van der Waals surface area contributed by atoms with Crippen molar-refractivity contribution in [3.05, 3.63) is 23.3 Å². The first-order chi connectivity index (χ1) is 19.4. The number of hydrogen-bond donors (Lipinski definition) is 5. The summed E-state index contributed by atoms with van der Waals surface area (Å²) in [6.07, 6.45) is 5.72. The van der Waals surface area contributed by atoms with Gasteiger partial charge in [0.05, 0.1) is 30.8 Å². The van der Waals surface area contributed by atoms with Gasteiger partial charge in [0.1, 0.15) is 12.2 Å². The van der Waals surface area contributed by atoms with E-state index in [-0.39, 0.29) is 34.7 Å². The SMILES string of the molecule is C/C=C(\C)C(=O)O[C@H]1[C@H](O)[C@]2(CO)[C@H](O)C[C@]3(C)C(=CC[C@@H]4[C@@]5(C)CC[C@H](O)[C@@](C)(CO)[C@H]5CC[C@]43C)[C@@H]2CC1(C)C. The Bertz CT molecular complexity index is 1160. The summed E-state index contributed by atoms with van der Waals surface area (Å²) in [6, 6.07) is 0. The summed E-state index contributed by atoms with van der Waals surface area (Å²) in [5.41, 5.74) is -1.25. The number of ether oxygens (including phenoxy) is 1. The van der Waals surface area contributed by atoms with Crippen LogP contribution in [0.25, 0.3) is 0 Å². The maximum atomic E-state index is 12.9. The van der Waals surface area contributed by atoms with Crippen molar-refractivity contribution in [1.82, 2.24) is 0 Å². The van der Waals surface area contributed by atoms with Crippen LogP contribution in [0.15, 0.2) is 23.3 Å². The van der Waals surface area contributed by atoms with Crippen molar-refractivity contribution in [3.8, 4) is 0 Å². The predicted molar refractivity (Wildman–Crippen MR) is 161 cm³/mol. The van der Waals surface area contributed by atoms with Crippen LogP contribution in [0.4, 0.5) is 0 Å². The topological polar surface area (TPSA) is 127 Å². The summed E-state index contributed by atoms with van der Waals surface area (Å²) >= 11 is 0. The second-order valence-electron chi connectivity index (χ2n) is 16.5. The molecule has 0 radical (unpaired) electrons. The summed E-state index contributed by atoms with van der Waals surface area (Å²) in [7, 11) is 0. The molecule has 0 amide bonds. The van der Waals surface area contributed by atoms with Crippen molar-refractivity contribution in [2.24, 2.45) is 50.2 Å². The van der Waals surface area contributed by atoms with Crippen LogP contribution < -0.4 is 0 Å². The standard InChI is InChI=1S/C35H56O7/c1-9-20(2)29(41)42-28-27(40)35(19-37)22(16-30(28,3)4)21-10-11-24-31(5)14-13-25(38)32(6,18-36)23(31)12-15-33(24,7)34(21,8)17-26(35)39/h9-10,22-28,36-40H,11-19H2,1-8H3/b20-9+/t22-,23-,24+,25-,26+,27-,28-,31-,32-,33+,34+,35-/m0/s1. The number of carbonyl (C=O) groups excluding carboxylic acids is 1. The van der Waals surface area contributed by atoms with Crippen LogP contribution in [-0.4, -0.2) is 69.1 Å². The van der Waals surface area contributed by atoms with E-state index in [9.17, 15) is 30.3 Å². The number of carbonyl (C=O) groups is 1. The van der Waals surface area contributed by atoms with Crippen molar-refractivity contribution in [1.29, 1.82) is 0 Å². The molecule has 4 saturated carbocycles. The molecule has 7 heteroatoms. The van der Waals surface area contributed by atoms with Crippen molar-refractivity contribution < 1.29 is 35.1 Å². The first kappa shape index (κ1) is 32.2. The molecule has 0 aromatic rings. The van der Waals surface area contributed by atoms with Crippen LogP contribution in [0.5, 0.6) is 0 Å². The smallest absolute Gasteiger partial charge is 0.333 e. The van der Waals surface area contributed by atoms with Crippen LogP contribution in [-0.2, 0) is 9.53 Å². The Morgan fingerprint density at radius 1 is 0.952 bits per heavy atom. The molecule has 12 atom stereocenters. The molecule has 5 aliphatic rings. The van der Waals surface area contributed by atoms with Crippen molar-refractivity contribution >= 4 is 5.97 Å². The average molecular weight is 589 g/mol. The third-order valence-corrected chi connectivity index (χ3v) is 14.5. The van der Waals surface area contributed by atoms with Gasteiger partial charge >= 0.3 is 5.97 Å². The van der Waals surface area contributed by atoms with Crippen molar-refractivity contribution in [2.45, 2.75) is 125 Å². The molecular weight excluding hydrogens is 532 g/mol. The van der Waals surface area contributed by atoms with Gasteiger partial charge in [-0.25, -0.2) is 4.79 Å². The fraction of sp³-hybridized carbons (Fsp3) is 0.857. The summed E-state index contributed by atoms with van der Waals surface area (Å²) in [4.78, 5) is 12.9. The number of fused-ring (bicyclic) bond motifs is 7. The Balaban J connectivity index is 1.58. The van der Waals surface area contributed by atoms with Crippen LogP contribution in [0.3, 0.4) is 0 Å². The molecule has 5 N–H and O–H groups in total. The highest BCUT2D eigenvalue weighted by molar-refractivity contribution is 5.87. The van der Waals surface area contributed by atoms with Gasteiger partial charge in [-0.15, -0.1) is 0 Å². The first-order valence-electron chi connectivity index (χ1n) is 16.2. The summed E-state index contributed by atoms with van der Waals surface area (Å²) in [5, 5.41) is 56.6. The molecule has 0 spiro atoms. The van der Waals surface area contributed by atoms with Crippen LogP contribution >= 0.6 is 0 Å². The Kier molecular flexibility index (Phi) is 7.76. The zero-order chi connectivity index (χ0) is 31.3. The number of esters is 1. The minimum absolute atomic E-state index is 0.0255. The molecular formula is C35H56O7. The molecule has 7 nitrogen and oxygen atoms in total. The first-order valence-corrected chi connectivity index (χ1v) is 16.2. The molecule has 0 saturated heterocycles. The highest BCUT2D eigenvalue weighted by atomic mass is 16.6. The van der Waals surface area contributed by atoms with Gasteiger partial charge in [0.2, 0.25) is 0 Å². The number of allylic oxidation sites excluding steroid dienone is 3. The van der Waals surface area contributed by atoms with Gasteiger partial charge in [-0.05, 0) is 92.8 Å². The lowest BCUT2D eigenvalue weighted by molar-refractivity contribution is -0.262. The lowest BCUT2D eigenvalue weighted by atomic mass is 9.33. The van der Waals surface area contributed by atoms with Gasteiger partial charge in [-0.1, -0.05) is 59.3 Å². The fourth-order valence-corrected chi connectivity index (χ4v) is 11.5. The minimum Gasteiger partial charge on any atom is -0.456 e. The second kappa shape index (κ2) is 10.1. The molecule has 0 aromatic heterocycles. The zero-order valence-corrected chi connectivity index (χ0v) is 27.1. The van der Waals surface area contributed by atoms with Gasteiger partial charge in [0.15, 0.2) is 0 Å². The number of aliphatic hydroxyl groups is 5. The lowest BCUT2D eigenvalue weighted by Gasteiger charge is -2.72. The molecule has 238 valence electrons. The molecule has 0 aromatic carbocycles. The van der Waals surface area contributed by atoms with Crippen LogP contribution in [0, 0.1) is 50.2 Å². The van der Waals surface area contributed by atoms with E-state index in [1.54, 1.807) is 19.9 Å². The largest absolute Gasteiger partial charge is 0.456 e.